The standard InChI is InChI=1S/C19H23F3N2/c1-2-17(23)13-8-6-12(7-9-13)14-10-11-24-18-15(14)4-3-5-16(18)19(20,21)22/h3-5,10-13,17H,2,6-9,23H2,1H3. The average Bonchev–Trinajstić information content (AvgIpc) is 2.59. The Morgan fingerprint density at radius 1 is 1.17 bits per heavy atom. The first-order chi connectivity index (χ1) is 11.4. The molecular weight excluding hydrogens is 313 g/mol. The van der Waals surface area contributed by atoms with Gasteiger partial charge in [0.2, 0.25) is 0 Å². The van der Waals surface area contributed by atoms with E-state index in [1.165, 1.54) is 12.3 Å². The summed E-state index contributed by atoms with van der Waals surface area (Å²) in [7, 11) is 0. The topological polar surface area (TPSA) is 38.9 Å². The Hall–Kier alpha value is -1.62. The lowest BCUT2D eigenvalue weighted by Gasteiger charge is -2.32. The van der Waals surface area contributed by atoms with Crippen LogP contribution in [0.4, 0.5) is 13.2 Å². The fraction of sp³-hybridized carbons (Fsp3) is 0.526. The summed E-state index contributed by atoms with van der Waals surface area (Å²) in [5.41, 5.74) is 6.57. The van der Waals surface area contributed by atoms with Gasteiger partial charge in [0.15, 0.2) is 0 Å². The Kier molecular flexibility index (Phi) is 4.81. The van der Waals surface area contributed by atoms with Crippen LogP contribution in [0.1, 0.15) is 56.1 Å². The largest absolute Gasteiger partial charge is 0.418 e. The van der Waals surface area contributed by atoms with Gasteiger partial charge in [-0.25, -0.2) is 0 Å². The highest BCUT2D eigenvalue weighted by atomic mass is 19.4. The number of nitrogens with zero attached hydrogens (tertiary/aromatic N) is 1. The van der Waals surface area contributed by atoms with Crippen molar-refractivity contribution in [3.63, 3.8) is 0 Å². The maximum atomic E-state index is 13.2. The molecule has 1 unspecified atom stereocenters. The minimum Gasteiger partial charge on any atom is -0.327 e. The maximum Gasteiger partial charge on any atom is 0.418 e. The van der Waals surface area contributed by atoms with Gasteiger partial charge in [0.25, 0.3) is 0 Å². The van der Waals surface area contributed by atoms with E-state index in [0.29, 0.717) is 17.2 Å². The molecule has 0 amide bonds. The van der Waals surface area contributed by atoms with E-state index >= 15 is 0 Å². The van der Waals surface area contributed by atoms with Crippen LogP contribution >= 0.6 is 0 Å². The van der Waals surface area contributed by atoms with Gasteiger partial charge in [0, 0.05) is 17.6 Å². The van der Waals surface area contributed by atoms with E-state index in [2.05, 4.69) is 11.9 Å². The molecule has 0 saturated heterocycles. The number of hydrogen-bond donors (Lipinski definition) is 1. The average molecular weight is 336 g/mol. The Morgan fingerprint density at radius 3 is 2.50 bits per heavy atom. The third kappa shape index (κ3) is 3.27. The van der Waals surface area contributed by atoms with Gasteiger partial charge >= 0.3 is 6.18 Å². The van der Waals surface area contributed by atoms with Gasteiger partial charge in [-0.3, -0.25) is 4.98 Å². The number of para-hydroxylation sites is 1. The van der Waals surface area contributed by atoms with Crippen molar-refractivity contribution in [3.8, 4) is 0 Å². The number of fused-ring (bicyclic) bond motifs is 1. The number of halogens is 3. The molecule has 130 valence electrons. The van der Waals surface area contributed by atoms with Crippen molar-refractivity contribution in [2.75, 3.05) is 0 Å². The van der Waals surface area contributed by atoms with Crippen molar-refractivity contribution in [2.24, 2.45) is 11.7 Å². The molecule has 1 atom stereocenters. The smallest absolute Gasteiger partial charge is 0.327 e. The van der Waals surface area contributed by atoms with Crippen molar-refractivity contribution in [3.05, 3.63) is 41.6 Å². The zero-order valence-corrected chi connectivity index (χ0v) is 13.8. The van der Waals surface area contributed by atoms with Gasteiger partial charge in [-0.1, -0.05) is 19.1 Å². The molecule has 3 rings (SSSR count). The normalized spacial score (nSPS) is 23.4. The van der Waals surface area contributed by atoms with Gasteiger partial charge < -0.3 is 5.73 Å². The van der Waals surface area contributed by atoms with Crippen molar-refractivity contribution < 1.29 is 13.2 Å². The third-order valence-corrected chi connectivity index (χ3v) is 5.40. The Bertz CT molecular complexity index is 703. The molecule has 1 fully saturated rings. The summed E-state index contributed by atoms with van der Waals surface area (Å²) in [6.45, 7) is 2.10. The molecular formula is C19H23F3N2. The van der Waals surface area contributed by atoms with E-state index in [0.717, 1.165) is 43.7 Å². The van der Waals surface area contributed by atoms with Gasteiger partial charge in [0.05, 0.1) is 11.1 Å². The molecule has 1 heterocycles. The minimum atomic E-state index is -4.38. The van der Waals surface area contributed by atoms with Crippen LogP contribution in [0.25, 0.3) is 10.9 Å². The molecule has 24 heavy (non-hydrogen) atoms. The molecule has 0 spiro atoms. The van der Waals surface area contributed by atoms with Gasteiger partial charge in [0.1, 0.15) is 0 Å². The Balaban J connectivity index is 1.92. The lowest BCUT2D eigenvalue weighted by atomic mass is 9.75. The van der Waals surface area contributed by atoms with Crippen LogP contribution in [0, 0.1) is 5.92 Å². The molecule has 2 aromatic rings. The Labute approximate surface area is 140 Å². The van der Waals surface area contributed by atoms with E-state index < -0.39 is 11.7 Å². The fourth-order valence-corrected chi connectivity index (χ4v) is 3.97. The molecule has 0 radical (unpaired) electrons. The van der Waals surface area contributed by atoms with Crippen molar-refractivity contribution in [2.45, 2.75) is 57.2 Å². The first kappa shape index (κ1) is 17.2. The van der Waals surface area contributed by atoms with Crippen molar-refractivity contribution >= 4 is 10.9 Å². The SMILES string of the molecule is CCC(N)C1CCC(c2ccnc3c(C(F)(F)F)cccc23)CC1. The van der Waals surface area contributed by atoms with E-state index in [-0.39, 0.29) is 11.6 Å². The van der Waals surface area contributed by atoms with Crippen LogP contribution < -0.4 is 5.73 Å². The highest BCUT2D eigenvalue weighted by Crippen LogP contribution is 2.41. The molecule has 1 aromatic carbocycles. The lowest BCUT2D eigenvalue weighted by molar-refractivity contribution is -0.136. The number of nitrogens with two attached hydrogens (primary N) is 1. The predicted molar refractivity (Wildman–Crippen MR) is 89.7 cm³/mol. The van der Waals surface area contributed by atoms with Gasteiger partial charge in [-0.15, -0.1) is 0 Å². The number of rotatable bonds is 3. The van der Waals surface area contributed by atoms with E-state index in [1.54, 1.807) is 6.07 Å². The summed E-state index contributed by atoms with van der Waals surface area (Å²) in [4.78, 5) is 4.02. The second kappa shape index (κ2) is 6.71. The summed E-state index contributed by atoms with van der Waals surface area (Å²) >= 11 is 0. The van der Waals surface area contributed by atoms with Crippen molar-refractivity contribution in [1.29, 1.82) is 0 Å². The van der Waals surface area contributed by atoms with Gasteiger partial charge in [-0.2, -0.15) is 13.2 Å². The predicted octanol–water partition coefficient (Wildman–Crippen LogP) is 5.26. The van der Waals surface area contributed by atoms with Gasteiger partial charge in [-0.05, 0) is 61.6 Å². The molecule has 1 saturated carbocycles. The zero-order valence-electron chi connectivity index (χ0n) is 13.8. The molecule has 2 nitrogen and oxygen atoms in total. The molecule has 2 N–H and O–H groups in total. The van der Waals surface area contributed by atoms with Crippen LogP contribution in [0.2, 0.25) is 0 Å². The van der Waals surface area contributed by atoms with E-state index in [9.17, 15) is 13.2 Å². The highest BCUT2D eigenvalue weighted by Gasteiger charge is 2.34. The van der Waals surface area contributed by atoms with Crippen LogP contribution in [-0.2, 0) is 6.18 Å². The zero-order chi connectivity index (χ0) is 17.3. The van der Waals surface area contributed by atoms with E-state index in [4.69, 9.17) is 5.73 Å². The summed E-state index contributed by atoms with van der Waals surface area (Å²) in [5.74, 6) is 0.823. The summed E-state index contributed by atoms with van der Waals surface area (Å²) in [5, 5.41) is 0.635. The first-order valence-corrected chi connectivity index (χ1v) is 8.62. The first-order valence-electron chi connectivity index (χ1n) is 8.62. The van der Waals surface area contributed by atoms with Crippen LogP contribution in [-0.4, -0.2) is 11.0 Å². The summed E-state index contributed by atoms with van der Waals surface area (Å²) in [6, 6.07) is 6.46. The van der Waals surface area contributed by atoms with Crippen LogP contribution in [0.5, 0.6) is 0 Å². The maximum absolute atomic E-state index is 13.2. The molecule has 1 aliphatic rings. The minimum absolute atomic E-state index is 0.0647. The second-order valence-corrected chi connectivity index (χ2v) is 6.78. The third-order valence-electron chi connectivity index (χ3n) is 5.40. The number of benzene rings is 1. The monoisotopic (exact) mass is 336 g/mol. The summed E-state index contributed by atoms with van der Waals surface area (Å²) in [6.07, 6.45) is 2.16. The highest BCUT2D eigenvalue weighted by molar-refractivity contribution is 5.85. The fourth-order valence-electron chi connectivity index (χ4n) is 3.97. The molecule has 1 aliphatic carbocycles. The molecule has 5 heteroatoms. The number of alkyl halides is 3. The number of pyridine rings is 1. The molecule has 1 aromatic heterocycles. The lowest BCUT2D eigenvalue weighted by Crippen LogP contribution is -2.32. The molecule has 0 bridgehead atoms. The number of hydrogen-bond acceptors (Lipinski definition) is 2. The Morgan fingerprint density at radius 2 is 1.88 bits per heavy atom. The number of aromatic nitrogens is 1. The van der Waals surface area contributed by atoms with Crippen LogP contribution in [0.15, 0.2) is 30.5 Å². The second-order valence-electron chi connectivity index (χ2n) is 6.78. The van der Waals surface area contributed by atoms with Crippen LogP contribution in [0.3, 0.4) is 0 Å². The quantitative estimate of drug-likeness (QED) is 0.830. The summed E-state index contributed by atoms with van der Waals surface area (Å²) < 4.78 is 39.7. The molecule has 0 aliphatic heterocycles. The van der Waals surface area contributed by atoms with Crippen molar-refractivity contribution in [1.82, 2.24) is 4.98 Å². The van der Waals surface area contributed by atoms with E-state index in [1.807, 2.05) is 6.07 Å².